The van der Waals surface area contributed by atoms with E-state index in [0.29, 0.717) is 25.3 Å². The quantitative estimate of drug-likeness (QED) is 0.726. The van der Waals surface area contributed by atoms with E-state index in [2.05, 4.69) is 25.7 Å². The number of rotatable bonds is 7. The van der Waals surface area contributed by atoms with E-state index in [0.717, 1.165) is 12.1 Å². The topological polar surface area (TPSA) is 38.8 Å². The third-order valence-electron chi connectivity index (χ3n) is 3.65. The van der Waals surface area contributed by atoms with E-state index >= 15 is 0 Å². The van der Waals surface area contributed by atoms with Gasteiger partial charge in [-0.1, -0.05) is 26.8 Å². The number of likely N-dealkylation sites (N-methyl/N-ethyl adjacent to an activating group) is 1. The second-order valence-electron chi connectivity index (χ2n) is 6.71. The molecule has 0 saturated carbocycles. The Morgan fingerprint density at radius 1 is 1.18 bits per heavy atom. The molecule has 0 fully saturated rings. The maximum absolute atomic E-state index is 12.1. The van der Waals surface area contributed by atoms with Crippen LogP contribution in [0.5, 0.6) is 0 Å². The first kappa shape index (κ1) is 18.7. The maximum Gasteiger partial charge on any atom is 0.338 e. The molecule has 4 heteroatoms. The van der Waals surface area contributed by atoms with Crippen molar-refractivity contribution in [1.29, 1.82) is 0 Å². The van der Waals surface area contributed by atoms with Crippen LogP contribution in [-0.2, 0) is 14.9 Å². The van der Waals surface area contributed by atoms with Crippen molar-refractivity contribution < 1.29 is 14.3 Å². The van der Waals surface area contributed by atoms with Gasteiger partial charge in [-0.3, -0.25) is 0 Å². The molecule has 124 valence electrons. The summed E-state index contributed by atoms with van der Waals surface area (Å²) in [5, 5.41) is 0. The van der Waals surface area contributed by atoms with Crippen LogP contribution in [0.1, 0.15) is 42.3 Å². The number of esters is 1. The molecule has 0 aromatic heterocycles. The minimum Gasteiger partial charge on any atom is -0.461 e. The second-order valence-corrected chi connectivity index (χ2v) is 6.71. The van der Waals surface area contributed by atoms with E-state index in [-0.39, 0.29) is 11.4 Å². The fourth-order valence-corrected chi connectivity index (χ4v) is 2.37. The molecule has 0 N–H and O–H groups in total. The van der Waals surface area contributed by atoms with Crippen molar-refractivity contribution in [2.75, 3.05) is 40.5 Å². The lowest BCUT2D eigenvalue weighted by Crippen LogP contribution is -2.27. The first-order valence-electron chi connectivity index (χ1n) is 7.71. The summed E-state index contributed by atoms with van der Waals surface area (Å²) in [4.78, 5) is 14.2. The van der Waals surface area contributed by atoms with Crippen molar-refractivity contribution in [3.05, 3.63) is 34.9 Å². The summed E-state index contributed by atoms with van der Waals surface area (Å²) in [6.07, 6.45) is 0. The van der Waals surface area contributed by atoms with E-state index in [1.54, 1.807) is 7.11 Å². The third-order valence-corrected chi connectivity index (χ3v) is 3.65. The predicted molar refractivity (Wildman–Crippen MR) is 89.5 cm³/mol. The third kappa shape index (κ3) is 5.78. The van der Waals surface area contributed by atoms with Crippen LogP contribution < -0.4 is 0 Å². The van der Waals surface area contributed by atoms with Gasteiger partial charge in [0, 0.05) is 20.2 Å². The van der Waals surface area contributed by atoms with Gasteiger partial charge >= 0.3 is 5.97 Å². The molecule has 1 rings (SSSR count). The Labute approximate surface area is 134 Å². The van der Waals surface area contributed by atoms with Crippen LogP contribution in [0.15, 0.2) is 18.2 Å². The Hall–Kier alpha value is -1.39. The normalized spacial score (nSPS) is 11.8. The van der Waals surface area contributed by atoms with Crippen molar-refractivity contribution in [2.24, 2.45) is 0 Å². The number of nitrogens with zero attached hydrogens (tertiary/aromatic N) is 1. The predicted octanol–water partition coefficient (Wildman–Crippen LogP) is 3.03. The van der Waals surface area contributed by atoms with Crippen LogP contribution in [0.25, 0.3) is 0 Å². The molecule has 0 saturated heterocycles. The lowest BCUT2D eigenvalue weighted by Gasteiger charge is -2.22. The highest BCUT2D eigenvalue weighted by Crippen LogP contribution is 2.26. The van der Waals surface area contributed by atoms with Crippen molar-refractivity contribution in [2.45, 2.75) is 33.1 Å². The SMILES string of the molecule is COCCN(C)CCOC(=O)c1ccc(C(C)(C)C)c(C)c1. The van der Waals surface area contributed by atoms with Crippen LogP contribution in [0, 0.1) is 6.92 Å². The highest BCUT2D eigenvalue weighted by molar-refractivity contribution is 5.89. The summed E-state index contributed by atoms with van der Waals surface area (Å²) in [7, 11) is 3.66. The second kappa shape index (κ2) is 8.30. The van der Waals surface area contributed by atoms with Crippen LogP contribution in [0.2, 0.25) is 0 Å². The monoisotopic (exact) mass is 307 g/mol. The van der Waals surface area contributed by atoms with E-state index in [9.17, 15) is 4.79 Å². The molecule has 0 spiro atoms. The number of benzene rings is 1. The van der Waals surface area contributed by atoms with E-state index in [1.165, 1.54) is 5.56 Å². The van der Waals surface area contributed by atoms with Gasteiger partial charge < -0.3 is 14.4 Å². The van der Waals surface area contributed by atoms with Gasteiger partial charge in [-0.2, -0.15) is 0 Å². The van der Waals surface area contributed by atoms with Gasteiger partial charge in [0.25, 0.3) is 0 Å². The molecular weight excluding hydrogens is 278 g/mol. The van der Waals surface area contributed by atoms with Gasteiger partial charge in [0.05, 0.1) is 12.2 Å². The first-order valence-corrected chi connectivity index (χ1v) is 7.71. The summed E-state index contributed by atoms with van der Waals surface area (Å²) in [6.45, 7) is 11.1. The number of hydrogen-bond donors (Lipinski definition) is 0. The van der Waals surface area contributed by atoms with Gasteiger partial charge in [0.2, 0.25) is 0 Å². The molecule has 0 aliphatic carbocycles. The molecule has 4 nitrogen and oxygen atoms in total. The van der Waals surface area contributed by atoms with E-state index in [4.69, 9.17) is 9.47 Å². The first-order chi connectivity index (χ1) is 10.3. The smallest absolute Gasteiger partial charge is 0.338 e. The van der Waals surface area contributed by atoms with Crippen LogP contribution >= 0.6 is 0 Å². The zero-order valence-corrected chi connectivity index (χ0v) is 14.7. The number of ether oxygens (including phenoxy) is 2. The molecule has 0 unspecified atom stereocenters. The van der Waals surface area contributed by atoms with Crippen molar-refractivity contribution in [1.82, 2.24) is 4.90 Å². The summed E-state index contributed by atoms with van der Waals surface area (Å²) >= 11 is 0. The summed E-state index contributed by atoms with van der Waals surface area (Å²) in [6, 6.07) is 5.79. The number of carbonyl (C=O) groups excluding carboxylic acids is 1. The molecule has 0 amide bonds. The summed E-state index contributed by atoms with van der Waals surface area (Å²) in [5.41, 5.74) is 3.07. The summed E-state index contributed by atoms with van der Waals surface area (Å²) < 4.78 is 10.3. The van der Waals surface area contributed by atoms with Crippen molar-refractivity contribution >= 4 is 5.97 Å². The number of carbonyl (C=O) groups is 1. The zero-order valence-electron chi connectivity index (χ0n) is 14.7. The van der Waals surface area contributed by atoms with Crippen molar-refractivity contribution in [3.8, 4) is 0 Å². The highest BCUT2D eigenvalue weighted by atomic mass is 16.5. The minimum atomic E-state index is -0.260. The van der Waals surface area contributed by atoms with Crippen LogP contribution in [0.3, 0.4) is 0 Å². The molecule has 0 aliphatic heterocycles. The van der Waals surface area contributed by atoms with Gasteiger partial charge in [0.15, 0.2) is 0 Å². The highest BCUT2D eigenvalue weighted by Gasteiger charge is 2.17. The average molecular weight is 307 g/mol. The standard InChI is InChI=1S/C18H29NO3/c1-14-13-15(7-8-16(14)18(2,3)4)17(20)22-12-10-19(5)9-11-21-6/h7-8,13H,9-12H2,1-6H3. The minimum absolute atomic E-state index is 0.0799. The van der Waals surface area contributed by atoms with Crippen molar-refractivity contribution in [3.63, 3.8) is 0 Å². The molecular formula is C18H29NO3. The fraction of sp³-hybridized carbons (Fsp3) is 0.611. The molecule has 1 aromatic carbocycles. The molecule has 0 aliphatic rings. The Morgan fingerprint density at radius 2 is 1.82 bits per heavy atom. The zero-order chi connectivity index (χ0) is 16.8. The Kier molecular flexibility index (Phi) is 7.04. The van der Waals surface area contributed by atoms with Gasteiger partial charge in [0.1, 0.15) is 6.61 Å². The lowest BCUT2D eigenvalue weighted by atomic mass is 9.83. The molecule has 0 radical (unpaired) electrons. The van der Waals surface area contributed by atoms with Gasteiger partial charge in [-0.25, -0.2) is 4.79 Å². The average Bonchev–Trinajstić information content (AvgIpc) is 2.43. The molecule has 0 atom stereocenters. The molecule has 0 bridgehead atoms. The number of hydrogen-bond acceptors (Lipinski definition) is 4. The van der Waals surface area contributed by atoms with E-state index < -0.39 is 0 Å². The van der Waals surface area contributed by atoms with Crippen LogP contribution in [-0.4, -0.2) is 51.3 Å². The van der Waals surface area contributed by atoms with Gasteiger partial charge in [-0.05, 0) is 42.6 Å². The Bertz CT molecular complexity index is 492. The van der Waals surface area contributed by atoms with E-state index in [1.807, 2.05) is 32.2 Å². The van der Waals surface area contributed by atoms with Crippen LogP contribution in [0.4, 0.5) is 0 Å². The maximum atomic E-state index is 12.1. The summed E-state index contributed by atoms with van der Waals surface area (Å²) in [5.74, 6) is -0.260. The Balaban J connectivity index is 2.55. The Morgan fingerprint density at radius 3 is 2.36 bits per heavy atom. The van der Waals surface area contributed by atoms with Gasteiger partial charge in [-0.15, -0.1) is 0 Å². The number of methoxy groups -OCH3 is 1. The lowest BCUT2D eigenvalue weighted by molar-refractivity contribution is 0.0462. The largest absolute Gasteiger partial charge is 0.461 e. The number of aryl methyl sites for hydroxylation is 1. The molecule has 22 heavy (non-hydrogen) atoms. The molecule has 1 aromatic rings. The molecule has 0 heterocycles. The fourth-order valence-electron chi connectivity index (χ4n) is 2.37.